The van der Waals surface area contributed by atoms with Crippen LogP contribution in [-0.4, -0.2) is 5.38 Å². The third kappa shape index (κ3) is 2.17. The highest BCUT2D eigenvalue weighted by Gasteiger charge is 2.17. The van der Waals surface area contributed by atoms with Crippen molar-refractivity contribution >= 4 is 11.6 Å². The molecule has 0 bridgehead atoms. The van der Waals surface area contributed by atoms with E-state index in [1.807, 2.05) is 0 Å². The van der Waals surface area contributed by atoms with Gasteiger partial charge in [-0.15, -0.1) is 11.6 Å². The van der Waals surface area contributed by atoms with Crippen LogP contribution < -0.4 is 0 Å². The summed E-state index contributed by atoms with van der Waals surface area (Å²) in [4.78, 5) is 0. The van der Waals surface area contributed by atoms with Gasteiger partial charge in [0, 0.05) is 5.38 Å². The first-order valence-electron chi connectivity index (χ1n) is 3.95. The third-order valence-electron chi connectivity index (χ3n) is 2.30. The van der Waals surface area contributed by atoms with Gasteiger partial charge in [0.05, 0.1) is 0 Å². The molecule has 0 N–H and O–H groups in total. The zero-order chi connectivity index (χ0) is 6.69. The van der Waals surface area contributed by atoms with Gasteiger partial charge in [-0.3, -0.25) is 0 Å². The monoisotopic (exact) mass is 146 g/mol. The highest BCUT2D eigenvalue weighted by atomic mass is 35.5. The molecule has 9 heavy (non-hydrogen) atoms. The summed E-state index contributed by atoms with van der Waals surface area (Å²) in [5.74, 6) is 0.820. The standard InChI is InChI=1S/C8H15Cl/c1-7(9)8-5-3-2-4-6-8/h7-8H,2-6H2,1H3/t7-/m0/s1. The molecule has 0 unspecified atom stereocenters. The van der Waals surface area contributed by atoms with Gasteiger partial charge in [-0.05, 0) is 25.7 Å². The molecule has 0 aromatic heterocycles. The van der Waals surface area contributed by atoms with Gasteiger partial charge in [0.15, 0.2) is 0 Å². The van der Waals surface area contributed by atoms with E-state index in [1.165, 1.54) is 32.1 Å². The molecular weight excluding hydrogens is 132 g/mol. The highest BCUT2D eigenvalue weighted by Crippen LogP contribution is 2.28. The van der Waals surface area contributed by atoms with Gasteiger partial charge in [-0.25, -0.2) is 0 Å². The lowest BCUT2D eigenvalue weighted by Crippen LogP contribution is -2.14. The Morgan fingerprint density at radius 2 is 1.78 bits per heavy atom. The van der Waals surface area contributed by atoms with Gasteiger partial charge in [-0.2, -0.15) is 0 Å². The van der Waals surface area contributed by atoms with Crippen molar-refractivity contribution in [2.24, 2.45) is 5.92 Å². The van der Waals surface area contributed by atoms with E-state index in [-0.39, 0.29) is 0 Å². The van der Waals surface area contributed by atoms with Crippen LogP contribution in [0.2, 0.25) is 0 Å². The molecule has 1 aliphatic rings. The molecule has 1 aliphatic carbocycles. The van der Waals surface area contributed by atoms with E-state index in [2.05, 4.69) is 6.92 Å². The lowest BCUT2D eigenvalue weighted by atomic mass is 9.87. The van der Waals surface area contributed by atoms with Crippen LogP contribution >= 0.6 is 11.6 Å². The van der Waals surface area contributed by atoms with Gasteiger partial charge in [0.2, 0.25) is 0 Å². The normalized spacial score (nSPS) is 26.0. The topological polar surface area (TPSA) is 0 Å². The third-order valence-corrected chi connectivity index (χ3v) is 2.66. The van der Waals surface area contributed by atoms with Crippen molar-refractivity contribution in [3.8, 4) is 0 Å². The maximum absolute atomic E-state index is 5.96. The zero-order valence-corrected chi connectivity index (χ0v) is 6.82. The fraction of sp³-hybridized carbons (Fsp3) is 1.00. The summed E-state index contributed by atoms with van der Waals surface area (Å²) in [6.07, 6.45) is 6.97. The first-order valence-corrected chi connectivity index (χ1v) is 4.38. The Labute approximate surface area is 62.6 Å². The summed E-state index contributed by atoms with van der Waals surface area (Å²) < 4.78 is 0. The molecule has 0 amide bonds. The molecule has 1 saturated carbocycles. The van der Waals surface area contributed by atoms with E-state index >= 15 is 0 Å². The molecule has 1 rings (SSSR count). The Kier molecular flexibility index (Phi) is 2.84. The molecule has 1 heteroatoms. The van der Waals surface area contributed by atoms with Crippen molar-refractivity contribution in [2.45, 2.75) is 44.4 Å². The minimum absolute atomic E-state index is 0.408. The summed E-state index contributed by atoms with van der Waals surface area (Å²) in [6.45, 7) is 2.12. The Hall–Kier alpha value is 0.290. The van der Waals surface area contributed by atoms with E-state index in [4.69, 9.17) is 11.6 Å². The molecule has 0 radical (unpaired) electrons. The predicted octanol–water partition coefficient (Wildman–Crippen LogP) is 3.19. The molecule has 0 spiro atoms. The number of alkyl halides is 1. The van der Waals surface area contributed by atoms with Crippen LogP contribution in [0.3, 0.4) is 0 Å². The molecule has 54 valence electrons. The first-order chi connectivity index (χ1) is 4.30. The first kappa shape index (κ1) is 7.40. The minimum atomic E-state index is 0.408. The van der Waals surface area contributed by atoms with Crippen LogP contribution in [0.25, 0.3) is 0 Å². The SMILES string of the molecule is C[C@H](Cl)C1CCCCC1. The Morgan fingerprint density at radius 3 is 2.11 bits per heavy atom. The van der Waals surface area contributed by atoms with Crippen LogP contribution in [-0.2, 0) is 0 Å². The maximum Gasteiger partial charge on any atom is 0.0336 e. The molecule has 0 aliphatic heterocycles. The van der Waals surface area contributed by atoms with Gasteiger partial charge < -0.3 is 0 Å². The second kappa shape index (κ2) is 3.46. The second-order valence-corrected chi connectivity index (χ2v) is 3.76. The summed E-state index contributed by atoms with van der Waals surface area (Å²) in [7, 11) is 0. The van der Waals surface area contributed by atoms with Crippen molar-refractivity contribution in [3.63, 3.8) is 0 Å². The molecule has 0 aromatic rings. The summed E-state index contributed by atoms with van der Waals surface area (Å²) >= 11 is 5.96. The van der Waals surface area contributed by atoms with E-state index < -0.39 is 0 Å². The fourth-order valence-electron chi connectivity index (χ4n) is 1.59. The Morgan fingerprint density at radius 1 is 1.22 bits per heavy atom. The molecule has 1 atom stereocenters. The van der Waals surface area contributed by atoms with Crippen molar-refractivity contribution in [1.29, 1.82) is 0 Å². The lowest BCUT2D eigenvalue weighted by Gasteiger charge is -2.23. The van der Waals surface area contributed by atoms with Crippen molar-refractivity contribution in [2.75, 3.05) is 0 Å². The highest BCUT2D eigenvalue weighted by molar-refractivity contribution is 6.20. The summed E-state index contributed by atoms with van der Waals surface area (Å²) in [5, 5.41) is 0.408. The number of hydrogen-bond donors (Lipinski definition) is 0. The van der Waals surface area contributed by atoms with E-state index in [0.29, 0.717) is 5.38 Å². The smallest absolute Gasteiger partial charge is 0.0336 e. The van der Waals surface area contributed by atoms with E-state index in [0.717, 1.165) is 5.92 Å². The van der Waals surface area contributed by atoms with Gasteiger partial charge in [-0.1, -0.05) is 19.3 Å². The predicted molar refractivity (Wildman–Crippen MR) is 41.9 cm³/mol. The van der Waals surface area contributed by atoms with Crippen LogP contribution in [0.4, 0.5) is 0 Å². The molecule has 0 saturated heterocycles. The molecule has 0 aromatic carbocycles. The van der Waals surface area contributed by atoms with Crippen LogP contribution in [0.15, 0.2) is 0 Å². The molecule has 0 heterocycles. The van der Waals surface area contributed by atoms with Crippen LogP contribution in [0, 0.1) is 5.92 Å². The average molecular weight is 147 g/mol. The van der Waals surface area contributed by atoms with E-state index in [9.17, 15) is 0 Å². The molecule has 1 fully saturated rings. The largest absolute Gasteiger partial charge is 0.123 e. The average Bonchev–Trinajstić information content (AvgIpc) is 1.90. The minimum Gasteiger partial charge on any atom is -0.123 e. The van der Waals surface area contributed by atoms with Crippen LogP contribution in [0.1, 0.15) is 39.0 Å². The summed E-state index contributed by atoms with van der Waals surface area (Å²) in [5.41, 5.74) is 0. The summed E-state index contributed by atoms with van der Waals surface area (Å²) in [6, 6.07) is 0. The van der Waals surface area contributed by atoms with Crippen molar-refractivity contribution < 1.29 is 0 Å². The van der Waals surface area contributed by atoms with Crippen molar-refractivity contribution in [3.05, 3.63) is 0 Å². The lowest BCUT2D eigenvalue weighted by molar-refractivity contribution is 0.354. The van der Waals surface area contributed by atoms with Gasteiger partial charge in [0.1, 0.15) is 0 Å². The Balaban J connectivity index is 2.23. The molecule has 0 nitrogen and oxygen atoms in total. The zero-order valence-electron chi connectivity index (χ0n) is 6.07. The number of halogens is 1. The quantitative estimate of drug-likeness (QED) is 0.499. The van der Waals surface area contributed by atoms with Crippen LogP contribution in [0.5, 0.6) is 0 Å². The Bertz CT molecular complexity index is 72.6. The van der Waals surface area contributed by atoms with Gasteiger partial charge >= 0.3 is 0 Å². The number of hydrogen-bond acceptors (Lipinski definition) is 0. The van der Waals surface area contributed by atoms with Gasteiger partial charge in [0.25, 0.3) is 0 Å². The second-order valence-electron chi connectivity index (χ2n) is 3.08. The number of rotatable bonds is 1. The van der Waals surface area contributed by atoms with E-state index in [1.54, 1.807) is 0 Å². The fourth-order valence-corrected chi connectivity index (χ4v) is 1.85. The van der Waals surface area contributed by atoms with Crippen molar-refractivity contribution in [1.82, 2.24) is 0 Å². The maximum atomic E-state index is 5.96. The molecular formula is C8H15Cl.